The summed E-state index contributed by atoms with van der Waals surface area (Å²) < 4.78 is 0. The maximum Gasteiger partial charge on any atom is 0.255 e. The first kappa shape index (κ1) is 16.2. The molecule has 0 aliphatic carbocycles. The Bertz CT molecular complexity index is 348. The molecule has 0 radical (unpaired) electrons. The number of amides is 1. The minimum absolute atomic E-state index is 0. The highest BCUT2D eigenvalue weighted by molar-refractivity contribution is 5.93. The Morgan fingerprint density at radius 2 is 2.29 bits per heavy atom. The van der Waals surface area contributed by atoms with Gasteiger partial charge in [0.05, 0.1) is 5.56 Å². The van der Waals surface area contributed by atoms with E-state index in [1.54, 1.807) is 18.5 Å². The summed E-state index contributed by atoms with van der Waals surface area (Å²) in [5.41, 5.74) is 0.673. The Balaban J connectivity index is 0.00000128. The molecule has 0 aromatic carbocycles. The maximum atomic E-state index is 12.0. The number of rotatable bonds is 1. The molecule has 17 heavy (non-hydrogen) atoms. The fourth-order valence-corrected chi connectivity index (χ4v) is 1.79. The van der Waals surface area contributed by atoms with Crippen LogP contribution >= 0.6 is 24.8 Å². The van der Waals surface area contributed by atoms with Crippen LogP contribution in [0, 0.1) is 0 Å². The Hall–Kier alpha value is -0.840. The summed E-state index contributed by atoms with van der Waals surface area (Å²) in [4.78, 5) is 17.8. The Kier molecular flexibility index (Phi) is 7.11. The van der Waals surface area contributed by atoms with E-state index in [0.29, 0.717) is 11.6 Å². The molecule has 1 N–H and O–H groups in total. The van der Waals surface area contributed by atoms with Crippen LogP contribution in [0.5, 0.6) is 0 Å². The van der Waals surface area contributed by atoms with E-state index < -0.39 is 0 Å². The molecule has 2 heterocycles. The Morgan fingerprint density at radius 1 is 1.53 bits per heavy atom. The van der Waals surface area contributed by atoms with Crippen LogP contribution in [0.15, 0.2) is 24.5 Å². The van der Waals surface area contributed by atoms with Crippen molar-refractivity contribution < 1.29 is 4.79 Å². The highest BCUT2D eigenvalue weighted by Gasteiger charge is 2.21. The molecule has 0 unspecified atom stereocenters. The highest BCUT2D eigenvalue weighted by Crippen LogP contribution is 2.06. The van der Waals surface area contributed by atoms with Gasteiger partial charge in [-0.2, -0.15) is 0 Å². The number of carbonyl (C=O) groups is 1. The summed E-state index contributed by atoms with van der Waals surface area (Å²) in [6.45, 7) is 4.50. The Labute approximate surface area is 114 Å². The third-order valence-electron chi connectivity index (χ3n) is 2.56. The molecule has 1 aliphatic heterocycles. The van der Waals surface area contributed by atoms with Crippen molar-refractivity contribution in [1.29, 1.82) is 0 Å². The van der Waals surface area contributed by atoms with Crippen LogP contribution in [-0.4, -0.2) is 41.5 Å². The summed E-state index contributed by atoms with van der Waals surface area (Å²) in [5, 5.41) is 3.31. The van der Waals surface area contributed by atoms with Gasteiger partial charge in [-0.3, -0.25) is 9.78 Å². The van der Waals surface area contributed by atoms with Crippen molar-refractivity contribution >= 4 is 30.7 Å². The van der Waals surface area contributed by atoms with Crippen molar-refractivity contribution in [1.82, 2.24) is 15.2 Å². The van der Waals surface area contributed by atoms with Crippen molar-refractivity contribution in [3.63, 3.8) is 0 Å². The largest absolute Gasteiger partial charge is 0.336 e. The van der Waals surface area contributed by atoms with Crippen LogP contribution in [0.25, 0.3) is 0 Å². The van der Waals surface area contributed by atoms with Crippen LogP contribution in [0.2, 0.25) is 0 Å². The number of piperazine rings is 1. The smallest absolute Gasteiger partial charge is 0.255 e. The van der Waals surface area contributed by atoms with Gasteiger partial charge in [0.25, 0.3) is 5.91 Å². The van der Waals surface area contributed by atoms with E-state index in [1.807, 2.05) is 11.0 Å². The molecule has 1 aliphatic rings. The standard InChI is InChI=1S/C11H15N3O.2ClH/c1-9-8-14(6-5-13-9)11(15)10-3-2-4-12-7-10;;/h2-4,7,9,13H,5-6,8H2,1H3;2*1H/t9-;;/m1../s1. The van der Waals surface area contributed by atoms with E-state index >= 15 is 0 Å². The first-order valence-electron chi connectivity index (χ1n) is 5.20. The third-order valence-corrected chi connectivity index (χ3v) is 2.56. The molecule has 0 saturated carbocycles. The maximum absolute atomic E-state index is 12.0. The van der Waals surface area contributed by atoms with E-state index in [1.165, 1.54) is 0 Å². The topological polar surface area (TPSA) is 45.2 Å². The van der Waals surface area contributed by atoms with Crippen molar-refractivity contribution in [2.75, 3.05) is 19.6 Å². The third kappa shape index (κ3) is 4.15. The number of nitrogens with zero attached hydrogens (tertiary/aromatic N) is 2. The molecule has 0 spiro atoms. The Morgan fingerprint density at radius 3 is 2.88 bits per heavy atom. The number of hydrogen-bond donors (Lipinski definition) is 1. The predicted octanol–water partition coefficient (Wildman–Crippen LogP) is 1.36. The van der Waals surface area contributed by atoms with E-state index in [-0.39, 0.29) is 30.7 Å². The fourth-order valence-electron chi connectivity index (χ4n) is 1.79. The molecular weight excluding hydrogens is 261 g/mol. The van der Waals surface area contributed by atoms with Gasteiger partial charge in [-0.25, -0.2) is 0 Å². The van der Waals surface area contributed by atoms with Crippen LogP contribution in [-0.2, 0) is 0 Å². The molecule has 4 nitrogen and oxygen atoms in total. The number of carbonyl (C=O) groups excluding carboxylic acids is 1. The predicted molar refractivity (Wildman–Crippen MR) is 72.1 cm³/mol. The van der Waals surface area contributed by atoms with Crippen LogP contribution in [0.1, 0.15) is 17.3 Å². The van der Waals surface area contributed by atoms with Gasteiger partial charge in [0, 0.05) is 38.1 Å². The van der Waals surface area contributed by atoms with Gasteiger partial charge >= 0.3 is 0 Å². The molecule has 96 valence electrons. The van der Waals surface area contributed by atoms with E-state index in [2.05, 4.69) is 17.2 Å². The average Bonchev–Trinajstić information content (AvgIpc) is 2.29. The normalized spacial score (nSPS) is 18.9. The molecular formula is C11H17Cl2N3O. The molecule has 1 aromatic rings. The minimum Gasteiger partial charge on any atom is -0.336 e. The van der Waals surface area contributed by atoms with Gasteiger partial charge in [-0.1, -0.05) is 0 Å². The van der Waals surface area contributed by atoms with Crippen molar-refractivity contribution in [2.24, 2.45) is 0 Å². The molecule has 0 bridgehead atoms. The van der Waals surface area contributed by atoms with E-state index in [4.69, 9.17) is 0 Å². The highest BCUT2D eigenvalue weighted by atomic mass is 35.5. The van der Waals surface area contributed by atoms with Crippen LogP contribution in [0.4, 0.5) is 0 Å². The van der Waals surface area contributed by atoms with Crippen LogP contribution < -0.4 is 5.32 Å². The molecule has 1 amide bonds. The number of pyridine rings is 1. The lowest BCUT2D eigenvalue weighted by molar-refractivity contribution is 0.0708. The van der Waals surface area contributed by atoms with Crippen LogP contribution in [0.3, 0.4) is 0 Å². The second kappa shape index (κ2) is 7.48. The number of halogens is 2. The zero-order valence-corrected chi connectivity index (χ0v) is 11.3. The molecule has 1 aromatic heterocycles. The number of nitrogens with one attached hydrogen (secondary N) is 1. The molecule has 1 saturated heterocycles. The van der Waals surface area contributed by atoms with Gasteiger partial charge in [0.2, 0.25) is 0 Å². The zero-order valence-electron chi connectivity index (χ0n) is 9.63. The number of hydrogen-bond acceptors (Lipinski definition) is 3. The molecule has 1 atom stereocenters. The van der Waals surface area contributed by atoms with Crippen molar-refractivity contribution in [3.8, 4) is 0 Å². The van der Waals surface area contributed by atoms with Gasteiger partial charge in [-0.15, -0.1) is 24.8 Å². The quantitative estimate of drug-likeness (QED) is 0.843. The first-order valence-corrected chi connectivity index (χ1v) is 5.20. The van der Waals surface area contributed by atoms with Gasteiger partial charge in [0.15, 0.2) is 0 Å². The van der Waals surface area contributed by atoms with E-state index in [0.717, 1.165) is 19.6 Å². The summed E-state index contributed by atoms with van der Waals surface area (Å²) in [7, 11) is 0. The lowest BCUT2D eigenvalue weighted by Gasteiger charge is -2.31. The molecule has 6 heteroatoms. The lowest BCUT2D eigenvalue weighted by Crippen LogP contribution is -2.51. The minimum atomic E-state index is 0. The monoisotopic (exact) mass is 277 g/mol. The summed E-state index contributed by atoms with van der Waals surface area (Å²) in [6, 6.07) is 3.97. The zero-order chi connectivity index (χ0) is 10.7. The second-order valence-electron chi connectivity index (χ2n) is 3.85. The SMILES string of the molecule is C[C@@H]1CN(C(=O)c2cccnc2)CCN1.Cl.Cl. The first-order chi connectivity index (χ1) is 7.27. The molecule has 1 fully saturated rings. The van der Waals surface area contributed by atoms with Gasteiger partial charge in [-0.05, 0) is 19.1 Å². The second-order valence-corrected chi connectivity index (χ2v) is 3.85. The van der Waals surface area contributed by atoms with Crippen molar-refractivity contribution in [2.45, 2.75) is 13.0 Å². The summed E-state index contributed by atoms with van der Waals surface area (Å²) >= 11 is 0. The van der Waals surface area contributed by atoms with Gasteiger partial charge in [0.1, 0.15) is 0 Å². The molecule has 2 rings (SSSR count). The fraction of sp³-hybridized carbons (Fsp3) is 0.455. The lowest BCUT2D eigenvalue weighted by atomic mass is 10.2. The van der Waals surface area contributed by atoms with Crippen molar-refractivity contribution in [3.05, 3.63) is 30.1 Å². The average molecular weight is 278 g/mol. The summed E-state index contributed by atoms with van der Waals surface area (Å²) in [5.74, 6) is 0.0800. The summed E-state index contributed by atoms with van der Waals surface area (Å²) in [6.07, 6.45) is 3.30. The van der Waals surface area contributed by atoms with E-state index in [9.17, 15) is 4.79 Å². The van der Waals surface area contributed by atoms with Gasteiger partial charge < -0.3 is 10.2 Å². The number of aromatic nitrogens is 1.